The third-order valence-electron chi connectivity index (χ3n) is 2.20. The molecule has 16 heavy (non-hydrogen) atoms. The minimum Gasteiger partial charge on any atom is -0.353 e. The summed E-state index contributed by atoms with van der Waals surface area (Å²) in [5.41, 5.74) is 0. The molecule has 0 fully saturated rings. The van der Waals surface area contributed by atoms with Crippen LogP contribution >= 0.6 is 27.7 Å². The van der Waals surface area contributed by atoms with Crippen molar-refractivity contribution < 1.29 is 4.79 Å². The number of hydrogen-bond donors (Lipinski definition) is 1. The zero-order chi connectivity index (χ0) is 12.0. The minimum absolute atomic E-state index is 0.0993. The minimum atomic E-state index is 0.0993. The average molecular weight is 302 g/mol. The topological polar surface area (TPSA) is 29.1 Å². The van der Waals surface area contributed by atoms with Crippen LogP contribution in [0.2, 0.25) is 0 Å². The number of nitrogens with one attached hydrogen (secondary N) is 1. The van der Waals surface area contributed by atoms with E-state index in [1.165, 1.54) is 0 Å². The second kappa shape index (κ2) is 6.97. The lowest BCUT2D eigenvalue weighted by Gasteiger charge is -2.10. The van der Waals surface area contributed by atoms with Gasteiger partial charge in [-0.1, -0.05) is 22.9 Å². The predicted octanol–water partition coefficient (Wildman–Crippen LogP) is 3.46. The Bertz CT molecular complexity index is 339. The van der Waals surface area contributed by atoms with Gasteiger partial charge in [-0.05, 0) is 37.6 Å². The molecule has 0 saturated carbocycles. The Morgan fingerprint density at radius 3 is 2.62 bits per heavy atom. The molecule has 1 unspecified atom stereocenters. The molecule has 0 aromatic heterocycles. The molecule has 1 aromatic carbocycles. The Morgan fingerprint density at radius 2 is 2.06 bits per heavy atom. The van der Waals surface area contributed by atoms with Gasteiger partial charge in [0.25, 0.3) is 0 Å². The maximum absolute atomic E-state index is 11.5. The standard InChI is InChI=1S/C12H16BrNOS/c1-3-9(2)14-12(15)8-16-11-6-4-10(13)5-7-11/h4-7,9H,3,8H2,1-2H3,(H,14,15). The van der Waals surface area contributed by atoms with Gasteiger partial charge in [0.05, 0.1) is 5.75 Å². The summed E-state index contributed by atoms with van der Waals surface area (Å²) in [6, 6.07) is 8.23. The molecule has 1 N–H and O–H groups in total. The van der Waals surface area contributed by atoms with E-state index in [2.05, 4.69) is 28.2 Å². The molecule has 0 bridgehead atoms. The number of thioether (sulfide) groups is 1. The molecular formula is C12H16BrNOS. The first-order valence-corrected chi connectivity index (χ1v) is 7.07. The molecule has 1 rings (SSSR count). The number of halogens is 1. The van der Waals surface area contributed by atoms with E-state index in [0.717, 1.165) is 15.8 Å². The van der Waals surface area contributed by atoms with Crippen molar-refractivity contribution >= 4 is 33.6 Å². The van der Waals surface area contributed by atoms with Crippen LogP contribution in [0, 0.1) is 0 Å². The SMILES string of the molecule is CCC(C)NC(=O)CSc1ccc(Br)cc1. The zero-order valence-corrected chi connectivity index (χ0v) is 11.9. The van der Waals surface area contributed by atoms with Gasteiger partial charge >= 0.3 is 0 Å². The zero-order valence-electron chi connectivity index (χ0n) is 9.50. The summed E-state index contributed by atoms with van der Waals surface area (Å²) in [5, 5.41) is 2.94. The Balaban J connectivity index is 2.34. The van der Waals surface area contributed by atoms with Crippen LogP contribution in [0.4, 0.5) is 0 Å². The lowest BCUT2D eigenvalue weighted by atomic mass is 10.3. The van der Waals surface area contributed by atoms with Crippen LogP contribution in [0.15, 0.2) is 33.6 Å². The van der Waals surface area contributed by atoms with Gasteiger partial charge in [-0.15, -0.1) is 11.8 Å². The van der Waals surface area contributed by atoms with Crippen molar-refractivity contribution in [3.05, 3.63) is 28.7 Å². The highest BCUT2D eigenvalue weighted by Crippen LogP contribution is 2.20. The van der Waals surface area contributed by atoms with Crippen molar-refractivity contribution in [2.24, 2.45) is 0 Å². The van der Waals surface area contributed by atoms with Gasteiger partial charge in [-0.3, -0.25) is 4.79 Å². The number of amides is 1. The lowest BCUT2D eigenvalue weighted by molar-refractivity contribution is -0.119. The molecule has 1 amide bonds. The summed E-state index contributed by atoms with van der Waals surface area (Å²) in [5.74, 6) is 0.577. The van der Waals surface area contributed by atoms with Crippen LogP contribution in [-0.4, -0.2) is 17.7 Å². The smallest absolute Gasteiger partial charge is 0.230 e. The van der Waals surface area contributed by atoms with E-state index in [1.807, 2.05) is 31.2 Å². The van der Waals surface area contributed by atoms with Gasteiger partial charge in [-0.2, -0.15) is 0 Å². The van der Waals surface area contributed by atoms with Crippen molar-refractivity contribution in [1.82, 2.24) is 5.32 Å². The number of carbonyl (C=O) groups is 1. The number of benzene rings is 1. The van der Waals surface area contributed by atoms with E-state index < -0.39 is 0 Å². The molecule has 0 spiro atoms. The van der Waals surface area contributed by atoms with E-state index >= 15 is 0 Å². The van der Waals surface area contributed by atoms with Gasteiger partial charge in [-0.25, -0.2) is 0 Å². The molecule has 0 aliphatic heterocycles. The fourth-order valence-corrected chi connectivity index (χ4v) is 2.07. The molecular weight excluding hydrogens is 286 g/mol. The van der Waals surface area contributed by atoms with Crippen molar-refractivity contribution in [2.45, 2.75) is 31.2 Å². The molecule has 1 atom stereocenters. The lowest BCUT2D eigenvalue weighted by Crippen LogP contribution is -2.33. The molecule has 1 aromatic rings. The number of rotatable bonds is 5. The molecule has 0 heterocycles. The van der Waals surface area contributed by atoms with Crippen molar-refractivity contribution in [3.63, 3.8) is 0 Å². The maximum atomic E-state index is 11.5. The van der Waals surface area contributed by atoms with Crippen LogP contribution in [0.3, 0.4) is 0 Å². The van der Waals surface area contributed by atoms with E-state index in [-0.39, 0.29) is 11.9 Å². The average Bonchev–Trinajstić information content (AvgIpc) is 2.28. The molecule has 2 nitrogen and oxygen atoms in total. The molecule has 88 valence electrons. The Kier molecular flexibility index (Phi) is 5.91. The predicted molar refractivity (Wildman–Crippen MR) is 72.8 cm³/mol. The Morgan fingerprint density at radius 1 is 1.44 bits per heavy atom. The first kappa shape index (κ1) is 13.6. The van der Waals surface area contributed by atoms with Crippen LogP contribution in [0.5, 0.6) is 0 Å². The van der Waals surface area contributed by atoms with Crippen LogP contribution in [-0.2, 0) is 4.79 Å². The fraction of sp³-hybridized carbons (Fsp3) is 0.417. The molecule has 0 saturated heterocycles. The number of carbonyl (C=O) groups excluding carboxylic acids is 1. The van der Waals surface area contributed by atoms with E-state index in [9.17, 15) is 4.79 Å². The van der Waals surface area contributed by atoms with E-state index in [1.54, 1.807) is 11.8 Å². The largest absolute Gasteiger partial charge is 0.353 e. The van der Waals surface area contributed by atoms with Crippen molar-refractivity contribution in [2.75, 3.05) is 5.75 Å². The van der Waals surface area contributed by atoms with Gasteiger partial charge in [0.2, 0.25) is 5.91 Å². The summed E-state index contributed by atoms with van der Waals surface area (Å²) < 4.78 is 1.06. The van der Waals surface area contributed by atoms with Crippen molar-refractivity contribution in [1.29, 1.82) is 0 Å². The second-order valence-electron chi connectivity index (χ2n) is 3.62. The highest BCUT2D eigenvalue weighted by Gasteiger charge is 2.05. The monoisotopic (exact) mass is 301 g/mol. The summed E-state index contributed by atoms with van der Waals surface area (Å²) >= 11 is 4.94. The summed E-state index contributed by atoms with van der Waals surface area (Å²) in [6.45, 7) is 4.08. The fourth-order valence-electron chi connectivity index (χ4n) is 1.10. The van der Waals surface area contributed by atoms with Gasteiger partial charge in [0.15, 0.2) is 0 Å². The van der Waals surface area contributed by atoms with Gasteiger partial charge < -0.3 is 5.32 Å². The molecule has 4 heteroatoms. The van der Waals surface area contributed by atoms with Crippen LogP contribution in [0.25, 0.3) is 0 Å². The maximum Gasteiger partial charge on any atom is 0.230 e. The highest BCUT2D eigenvalue weighted by atomic mass is 79.9. The Labute approximate surface area is 109 Å². The molecule has 0 radical (unpaired) electrons. The van der Waals surface area contributed by atoms with Gasteiger partial charge in [0, 0.05) is 15.4 Å². The number of hydrogen-bond acceptors (Lipinski definition) is 2. The van der Waals surface area contributed by atoms with E-state index in [4.69, 9.17) is 0 Å². The van der Waals surface area contributed by atoms with Gasteiger partial charge in [0.1, 0.15) is 0 Å². The third kappa shape index (κ3) is 5.03. The quantitative estimate of drug-likeness (QED) is 0.844. The first-order chi connectivity index (χ1) is 7.61. The van der Waals surface area contributed by atoms with Crippen molar-refractivity contribution in [3.8, 4) is 0 Å². The second-order valence-corrected chi connectivity index (χ2v) is 5.58. The van der Waals surface area contributed by atoms with E-state index in [0.29, 0.717) is 5.75 Å². The summed E-state index contributed by atoms with van der Waals surface area (Å²) in [4.78, 5) is 12.6. The molecule has 0 aliphatic carbocycles. The summed E-state index contributed by atoms with van der Waals surface area (Å²) in [7, 11) is 0. The highest BCUT2D eigenvalue weighted by molar-refractivity contribution is 9.10. The van der Waals surface area contributed by atoms with Crippen LogP contribution in [0.1, 0.15) is 20.3 Å². The summed E-state index contributed by atoms with van der Waals surface area (Å²) in [6.07, 6.45) is 0.967. The normalized spacial score (nSPS) is 12.2. The Hall–Kier alpha value is -0.480. The first-order valence-electron chi connectivity index (χ1n) is 5.29. The van der Waals surface area contributed by atoms with Crippen LogP contribution < -0.4 is 5.32 Å². The molecule has 0 aliphatic rings. The third-order valence-corrected chi connectivity index (χ3v) is 3.74.